The van der Waals surface area contributed by atoms with Crippen molar-refractivity contribution in [2.24, 2.45) is 0 Å². The molecule has 1 atom stereocenters. The lowest BCUT2D eigenvalue weighted by Gasteiger charge is -2.16. The van der Waals surface area contributed by atoms with E-state index in [0.717, 1.165) is 25.7 Å². The molecule has 0 saturated carbocycles. The molecule has 0 aromatic rings. The Morgan fingerprint density at radius 1 is 0.444 bits per heavy atom. The number of allylic oxidation sites excluding steroid dienone is 6. The molecule has 1 N–H and O–H groups in total. The number of esters is 1. The summed E-state index contributed by atoms with van der Waals surface area (Å²) in [6.45, 7) is 5.36. The Labute approximate surface area is 338 Å². The minimum atomic E-state index is -0.536. The topological polar surface area (TPSA) is 55.8 Å². The van der Waals surface area contributed by atoms with Crippen LogP contribution in [0.2, 0.25) is 0 Å². The van der Waals surface area contributed by atoms with Gasteiger partial charge in [-0.2, -0.15) is 0 Å². The number of rotatable bonds is 45. The number of hydrogen-bond donors (Lipinski definition) is 1. The molecule has 4 heteroatoms. The summed E-state index contributed by atoms with van der Waals surface area (Å²) in [5.41, 5.74) is 0. The van der Waals surface area contributed by atoms with E-state index >= 15 is 0 Å². The van der Waals surface area contributed by atoms with Gasteiger partial charge in [0.25, 0.3) is 0 Å². The molecular weight excluding hydrogens is 665 g/mol. The molecule has 318 valence electrons. The quantitative estimate of drug-likeness (QED) is 0.0382. The Bertz CT molecular complexity index is 802. The van der Waals surface area contributed by atoms with Crippen molar-refractivity contribution in [3.63, 3.8) is 0 Å². The normalized spacial score (nSPS) is 12.6. The largest absolute Gasteiger partial charge is 0.457 e. The standard InChI is InChI=1S/C50H94O4/c1-3-5-7-9-11-13-15-17-19-21-23-24-25-26-27-29-31-33-35-37-39-41-43-45-50(52)54-49(47-51)48-53-46-44-42-40-38-36-34-32-30-28-22-20-18-16-14-12-10-8-6-4-2/h15,17,20-23,49,51H,3-14,16,18-19,24-48H2,1-2H3/b17-15-,22-20-,23-21-. The third kappa shape index (κ3) is 45.0. The van der Waals surface area contributed by atoms with E-state index in [1.54, 1.807) is 0 Å². The van der Waals surface area contributed by atoms with Crippen molar-refractivity contribution in [2.75, 3.05) is 19.8 Å². The lowest BCUT2D eigenvalue weighted by Crippen LogP contribution is -2.27. The van der Waals surface area contributed by atoms with E-state index in [1.807, 2.05) is 0 Å². The maximum Gasteiger partial charge on any atom is 0.306 e. The third-order valence-corrected chi connectivity index (χ3v) is 10.7. The summed E-state index contributed by atoms with van der Waals surface area (Å²) < 4.78 is 11.2. The predicted octanol–water partition coefficient (Wildman–Crippen LogP) is 16.0. The molecule has 0 spiro atoms. The van der Waals surface area contributed by atoms with Crippen LogP contribution in [0, 0.1) is 0 Å². The summed E-state index contributed by atoms with van der Waals surface area (Å²) in [7, 11) is 0. The van der Waals surface area contributed by atoms with Gasteiger partial charge in [-0.25, -0.2) is 0 Å². The van der Waals surface area contributed by atoms with Gasteiger partial charge >= 0.3 is 5.97 Å². The number of hydrogen-bond acceptors (Lipinski definition) is 4. The van der Waals surface area contributed by atoms with Gasteiger partial charge in [0.15, 0.2) is 0 Å². The number of carbonyl (C=O) groups excluding carboxylic acids is 1. The summed E-state index contributed by atoms with van der Waals surface area (Å²) in [6, 6.07) is 0. The number of ether oxygens (including phenoxy) is 2. The molecule has 0 aromatic heterocycles. The molecule has 0 amide bonds. The molecule has 1 unspecified atom stereocenters. The molecule has 0 saturated heterocycles. The predicted molar refractivity (Wildman–Crippen MR) is 237 cm³/mol. The highest BCUT2D eigenvalue weighted by Crippen LogP contribution is 2.15. The van der Waals surface area contributed by atoms with Crippen molar-refractivity contribution in [1.29, 1.82) is 0 Å². The molecule has 0 aromatic carbocycles. The first-order chi connectivity index (χ1) is 26.7. The number of unbranched alkanes of at least 4 members (excludes halogenated alkanes) is 31. The monoisotopic (exact) mass is 759 g/mol. The maximum absolute atomic E-state index is 12.2. The molecule has 0 aliphatic rings. The van der Waals surface area contributed by atoms with E-state index in [-0.39, 0.29) is 12.6 Å². The van der Waals surface area contributed by atoms with Crippen LogP contribution in [0.15, 0.2) is 36.5 Å². The van der Waals surface area contributed by atoms with Crippen LogP contribution < -0.4 is 0 Å². The molecule has 0 bridgehead atoms. The zero-order valence-electron chi connectivity index (χ0n) is 36.5. The van der Waals surface area contributed by atoms with Crippen LogP contribution in [0.4, 0.5) is 0 Å². The van der Waals surface area contributed by atoms with E-state index in [4.69, 9.17) is 9.47 Å². The molecule has 54 heavy (non-hydrogen) atoms. The smallest absolute Gasteiger partial charge is 0.306 e. The van der Waals surface area contributed by atoms with Crippen molar-refractivity contribution in [3.05, 3.63) is 36.5 Å². The fourth-order valence-corrected chi connectivity index (χ4v) is 7.06. The zero-order chi connectivity index (χ0) is 39.1. The summed E-state index contributed by atoms with van der Waals surface area (Å²) in [4.78, 5) is 12.2. The van der Waals surface area contributed by atoms with Gasteiger partial charge in [-0.05, 0) is 70.6 Å². The Kier molecular flexibility index (Phi) is 46.5. The molecule has 0 aliphatic carbocycles. The second-order valence-electron chi connectivity index (χ2n) is 16.2. The molecule has 4 nitrogen and oxygen atoms in total. The van der Waals surface area contributed by atoms with Crippen LogP contribution in [0.3, 0.4) is 0 Å². The van der Waals surface area contributed by atoms with Crippen molar-refractivity contribution in [3.8, 4) is 0 Å². The average Bonchev–Trinajstić information content (AvgIpc) is 3.18. The van der Waals surface area contributed by atoms with Gasteiger partial charge in [0.2, 0.25) is 0 Å². The number of aliphatic hydroxyl groups is 1. The van der Waals surface area contributed by atoms with E-state index < -0.39 is 6.10 Å². The van der Waals surface area contributed by atoms with Gasteiger partial charge in [0, 0.05) is 13.0 Å². The van der Waals surface area contributed by atoms with Crippen LogP contribution in [0.25, 0.3) is 0 Å². The van der Waals surface area contributed by atoms with Gasteiger partial charge in [0.05, 0.1) is 13.2 Å². The fraction of sp³-hybridized carbons (Fsp3) is 0.860. The summed E-state index contributed by atoms with van der Waals surface area (Å²) in [5.74, 6) is -0.201. The highest BCUT2D eigenvalue weighted by atomic mass is 16.6. The zero-order valence-corrected chi connectivity index (χ0v) is 36.5. The average molecular weight is 759 g/mol. The Morgan fingerprint density at radius 2 is 0.778 bits per heavy atom. The van der Waals surface area contributed by atoms with Crippen molar-refractivity contribution in [2.45, 2.75) is 258 Å². The van der Waals surface area contributed by atoms with Gasteiger partial charge in [-0.3, -0.25) is 4.79 Å². The molecule has 0 radical (unpaired) electrons. The van der Waals surface area contributed by atoms with Crippen LogP contribution in [-0.2, 0) is 14.3 Å². The molecule has 0 heterocycles. The fourth-order valence-electron chi connectivity index (χ4n) is 7.06. The van der Waals surface area contributed by atoms with Gasteiger partial charge in [-0.1, -0.05) is 211 Å². The van der Waals surface area contributed by atoms with Crippen LogP contribution in [0.5, 0.6) is 0 Å². The van der Waals surface area contributed by atoms with Crippen LogP contribution >= 0.6 is 0 Å². The molecule has 0 fully saturated rings. The number of carbonyl (C=O) groups is 1. The first-order valence-electron chi connectivity index (χ1n) is 24.1. The van der Waals surface area contributed by atoms with Crippen LogP contribution in [0.1, 0.15) is 251 Å². The number of aliphatic hydroxyl groups excluding tert-OH is 1. The first kappa shape index (κ1) is 52.6. The Hall–Kier alpha value is -1.39. The molecule has 0 aliphatic heterocycles. The third-order valence-electron chi connectivity index (χ3n) is 10.7. The first-order valence-corrected chi connectivity index (χ1v) is 24.1. The van der Waals surface area contributed by atoms with Crippen molar-refractivity contribution >= 4 is 5.97 Å². The van der Waals surface area contributed by atoms with E-state index in [9.17, 15) is 9.90 Å². The highest BCUT2D eigenvalue weighted by molar-refractivity contribution is 5.69. The molecular formula is C50H94O4. The van der Waals surface area contributed by atoms with Gasteiger partial charge in [0.1, 0.15) is 6.10 Å². The van der Waals surface area contributed by atoms with Gasteiger partial charge in [-0.15, -0.1) is 0 Å². The lowest BCUT2D eigenvalue weighted by molar-refractivity contribution is -0.154. The summed E-state index contributed by atoms with van der Waals surface area (Å²) >= 11 is 0. The molecule has 0 rings (SSSR count). The van der Waals surface area contributed by atoms with Crippen molar-refractivity contribution in [1.82, 2.24) is 0 Å². The SMILES string of the molecule is CCCCCCC/C=C\C/C=C\CCCCCCCCCCCCCC(=O)OC(CO)COCCCCCCCCCC/C=C\CCCCCCCCC. The second kappa shape index (κ2) is 47.8. The second-order valence-corrected chi connectivity index (χ2v) is 16.2. The van der Waals surface area contributed by atoms with Gasteiger partial charge < -0.3 is 14.6 Å². The summed E-state index contributed by atoms with van der Waals surface area (Å²) in [6.07, 6.45) is 60.8. The van der Waals surface area contributed by atoms with Crippen LogP contribution in [-0.4, -0.2) is 37.0 Å². The Morgan fingerprint density at radius 3 is 1.17 bits per heavy atom. The van der Waals surface area contributed by atoms with E-state index in [2.05, 4.69) is 50.3 Å². The lowest BCUT2D eigenvalue weighted by atomic mass is 10.0. The van der Waals surface area contributed by atoms with Crippen molar-refractivity contribution < 1.29 is 19.4 Å². The highest BCUT2D eigenvalue weighted by Gasteiger charge is 2.13. The maximum atomic E-state index is 12.2. The minimum absolute atomic E-state index is 0.172. The van der Waals surface area contributed by atoms with E-state index in [0.29, 0.717) is 19.6 Å². The Balaban J connectivity index is 3.41. The summed E-state index contributed by atoms with van der Waals surface area (Å²) in [5, 5.41) is 9.63. The van der Waals surface area contributed by atoms with E-state index in [1.165, 1.54) is 205 Å². The minimum Gasteiger partial charge on any atom is -0.457 e.